The molecule has 0 aliphatic heterocycles. The maximum Gasteiger partial charge on any atom is 0.252 e. The topological polar surface area (TPSA) is 87.3 Å². The van der Waals surface area contributed by atoms with Crippen LogP contribution in [-0.2, 0) is 11.2 Å². The van der Waals surface area contributed by atoms with Crippen molar-refractivity contribution in [2.45, 2.75) is 31.2 Å². The molecule has 2 N–H and O–H groups in total. The minimum absolute atomic E-state index is 0.0224. The van der Waals surface area contributed by atoms with Crippen molar-refractivity contribution in [2.75, 3.05) is 26.1 Å². The van der Waals surface area contributed by atoms with Gasteiger partial charge in [0.2, 0.25) is 11.9 Å². The van der Waals surface area contributed by atoms with Crippen LogP contribution < -0.4 is 20.5 Å². The van der Waals surface area contributed by atoms with Crippen molar-refractivity contribution in [1.82, 2.24) is 15.3 Å². The van der Waals surface area contributed by atoms with Crippen LogP contribution in [0.3, 0.4) is 0 Å². The third kappa shape index (κ3) is 4.04. The molecule has 0 bridgehead atoms. The molecule has 1 fully saturated rings. The molecule has 1 aromatic carbocycles. The van der Waals surface area contributed by atoms with Crippen molar-refractivity contribution in [1.29, 1.82) is 0 Å². The number of amides is 1. The predicted molar refractivity (Wildman–Crippen MR) is 99.8 cm³/mol. The number of ether oxygens (including phenoxy) is 1. The largest absolute Gasteiger partial charge is 0.496 e. The SMILES string of the molecule is COc1ccccc1CC(=O)NC1CC(c2cc(=O)[nH]c(N(C)C)n2)C1. The van der Waals surface area contributed by atoms with Gasteiger partial charge in [-0.05, 0) is 18.9 Å². The molecule has 1 saturated carbocycles. The minimum atomic E-state index is -0.151. The van der Waals surface area contributed by atoms with E-state index in [1.807, 2.05) is 38.4 Å². The number of carbonyl (C=O) groups excluding carboxylic acids is 1. The van der Waals surface area contributed by atoms with E-state index in [0.717, 1.165) is 29.8 Å². The molecular weight excluding hydrogens is 332 g/mol. The number of aromatic amines is 1. The number of methoxy groups -OCH3 is 1. The highest BCUT2D eigenvalue weighted by Gasteiger charge is 2.33. The molecule has 7 heteroatoms. The third-order valence-electron chi connectivity index (χ3n) is 4.64. The monoisotopic (exact) mass is 356 g/mol. The second-order valence-corrected chi connectivity index (χ2v) is 6.81. The Morgan fingerprint density at radius 2 is 2.08 bits per heavy atom. The first kappa shape index (κ1) is 18.0. The normalized spacial score (nSPS) is 18.7. The van der Waals surface area contributed by atoms with Crippen LogP contribution in [0.5, 0.6) is 5.75 Å². The van der Waals surface area contributed by atoms with Crippen molar-refractivity contribution in [2.24, 2.45) is 0 Å². The highest BCUT2D eigenvalue weighted by atomic mass is 16.5. The first-order valence-electron chi connectivity index (χ1n) is 8.66. The molecule has 1 aromatic heterocycles. The maximum absolute atomic E-state index is 12.3. The number of aromatic nitrogens is 2. The summed E-state index contributed by atoms with van der Waals surface area (Å²) in [5.74, 6) is 1.45. The lowest BCUT2D eigenvalue weighted by atomic mass is 9.78. The fourth-order valence-corrected chi connectivity index (χ4v) is 3.16. The molecule has 1 aliphatic carbocycles. The van der Waals surface area contributed by atoms with E-state index in [9.17, 15) is 9.59 Å². The third-order valence-corrected chi connectivity index (χ3v) is 4.64. The van der Waals surface area contributed by atoms with Gasteiger partial charge in [-0.1, -0.05) is 18.2 Å². The summed E-state index contributed by atoms with van der Waals surface area (Å²) in [4.78, 5) is 33.0. The van der Waals surface area contributed by atoms with Gasteiger partial charge in [0.25, 0.3) is 5.56 Å². The van der Waals surface area contributed by atoms with E-state index in [4.69, 9.17) is 4.74 Å². The zero-order valence-electron chi connectivity index (χ0n) is 15.3. The van der Waals surface area contributed by atoms with Crippen LogP contribution in [0.15, 0.2) is 35.1 Å². The summed E-state index contributed by atoms with van der Waals surface area (Å²) >= 11 is 0. The van der Waals surface area contributed by atoms with Gasteiger partial charge < -0.3 is 15.0 Å². The Morgan fingerprint density at radius 1 is 1.35 bits per heavy atom. The Morgan fingerprint density at radius 3 is 2.77 bits per heavy atom. The average molecular weight is 356 g/mol. The summed E-state index contributed by atoms with van der Waals surface area (Å²) in [6, 6.07) is 9.18. The fourth-order valence-electron chi connectivity index (χ4n) is 3.16. The van der Waals surface area contributed by atoms with E-state index in [1.54, 1.807) is 18.1 Å². The van der Waals surface area contributed by atoms with Gasteiger partial charge in [-0.2, -0.15) is 0 Å². The molecule has 3 rings (SSSR count). The summed E-state index contributed by atoms with van der Waals surface area (Å²) in [5.41, 5.74) is 1.50. The smallest absolute Gasteiger partial charge is 0.252 e. The van der Waals surface area contributed by atoms with Gasteiger partial charge in [-0.25, -0.2) is 4.98 Å². The molecular formula is C19H24N4O3. The van der Waals surface area contributed by atoms with Gasteiger partial charge in [-0.3, -0.25) is 14.6 Å². The molecule has 138 valence electrons. The van der Waals surface area contributed by atoms with E-state index in [2.05, 4.69) is 15.3 Å². The first-order valence-corrected chi connectivity index (χ1v) is 8.66. The molecule has 1 heterocycles. The molecule has 2 aromatic rings. The number of para-hydroxylation sites is 1. The lowest BCUT2D eigenvalue weighted by Crippen LogP contribution is -2.44. The maximum atomic E-state index is 12.3. The van der Waals surface area contributed by atoms with Gasteiger partial charge in [0.15, 0.2) is 0 Å². The second-order valence-electron chi connectivity index (χ2n) is 6.81. The molecule has 0 spiro atoms. The van der Waals surface area contributed by atoms with Crippen LogP contribution in [-0.4, -0.2) is 43.1 Å². The van der Waals surface area contributed by atoms with Crippen LogP contribution in [0.25, 0.3) is 0 Å². The summed E-state index contributed by atoms with van der Waals surface area (Å²) in [5, 5.41) is 3.05. The van der Waals surface area contributed by atoms with Crippen molar-refractivity contribution in [3.63, 3.8) is 0 Å². The van der Waals surface area contributed by atoms with Gasteiger partial charge >= 0.3 is 0 Å². The number of H-pyrrole nitrogens is 1. The van der Waals surface area contributed by atoms with Crippen molar-refractivity contribution in [3.05, 3.63) is 51.9 Å². The van der Waals surface area contributed by atoms with Crippen molar-refractivity contribution >= 4 is 11.9 Å². The second kappa shape index (κ2) is 7.59. The molecule has 26 heavy (non-hydrogen) atoms. The lowest BCUT2D eigenvalue weighted by Gasteiger charge is -2.35. The van der Waals surface area contributed by atoms with Gasteiger partial charge in [0.05, 0.1) is 19.2 Å². The van der Waals surface area contributed by atoms with Crippen LogP contribution in [0.2, 0.25) is 0 Å². The van der Waals surface area contributed by atoms with E-state index < -0.39 is 0 Å². The Balaban J connectivity index is 1.56. The molecule has 0 radical (unpaired) electrons. The number of rotatable bonds is 6. The number of carbonyl (C=O) groups is 1. The molecule has 0 saturated heterocycles. The Hall–Kier alpha value is -2.83. The Bertz CT molecular complexity index is 841. The van der Waals surface area contributed by atoms with E-state index >= 15 is 0 Å². The number of benzene rings is 1. The zero-order valence-corrected chi connectivity index (χ0v) is 15.3. The fraction of sp³-hybridized carbons (Fsp3) is 0.421. The Kier molecular flexibility index (Phi) is 5.25. The summed E-state index contributed by atoms with van der Waals surface area (Å²) < 4.78 is 5.28. The van der Waals surface area contributed by atoms with Gasteiger partial charge in [0, 0.05) is 37.7 Å². The summed E-state index contributed by atoms with van der Waals surface area (Å²) in [7, 11) is 5.28. The van der Waals surface area contributed by atoms with Crippen LogP contribution in [0.4, 0.5) is 5.95 Å². The molecule has 0 atom stereocenters. The number of anilines is 1. The van der Waals surface area contributed by atoms with Gasteiger partial charge in [0.1, 0.15) is 5.75 Å². The number of hydrogen-bond donors (Lipinski definition) is 2. The summed E-state index contributed by atoms with van der Waals surface area (Å²) in [6.45, 7) is 0. The Labute approximate surface area is 152 Å². The molecule has 0 unspecified atom stereocenters. The predicted octanol–water partition coefficient (Wildman–Crippen LogP) is 1.45. The highest BCUT2D eigenvalue weighted by molar-refractivity contribution is 5.79. The molecule has 7 nitrogen and oxygen atoms in total. The minimum Gasteiger partial charge on any atom is -0.496 e. The van der Waals surface area contributed by atoms with E-state index in [1.165, 1.54) is 0 Å². The number of nitrogens with one attached hydrogen (secondary N) is 2. The number of hydrogen-bond acceptors (Lipinski definition) is 5. The molecule has 1 amide bonds. The van der Waals surface area contributed by atoms with Crippen molar-refractivity contribution in [3.8, 4) is 5.75 Å². The number of nitrogens with zero attached hydrogens (tertiary/aromatic N) is 2. The quantitative estimate of drug-likeness (QED) is 0.818. The van der Waals surface area contributed by atoms with E-state index in [-0.39, 0.29) is 23.4 Å². The van der Waals surface area contributed by atoms with E-state index in [0.29, 0.717) is 12.4 Å². The van der Waals surface area contributed by atoms with Crippen LogP contribution in [0.1, 0.15) is 30.0 Å². The zero-order chi connectivity index (χ0) is 18.7. The van der Waals surface area contributed by atoms with Crippen molar-refractivity contribution < 1.29 is 9.53 Å². The van der Waals surface area contributed by atoms with Crippen LogP contribution >= 0.6 is 0 Å². The lowest BCUT2D eigenvalue weighted by molar-refractivity contribution is -0.121. The van der Waals surface area contributed by atoms with Gasteiger partial charge in [-0.15, -0.1) is 0 Å². The average Bonchev–Trinajstić information content (AvgIpc) is 2.57. The molecule has 1 aliphatic rings. The highest BCUT2D eigenvalue weighted by Crippen LogP contribution is 2.35. The van der Waals surface area contributed by atoms with Crippen LogP contribution in [0, 0.1) is 0 Å². The first-order chi connectivity index (χ1) is 12.5. The summed E-state index contributed by atoms with van der Waals surface area (Å²) in [6.07, 6.45) is 1.88. The standard InChI is InChI=1S/C19H24N4O3/c1-23(2)19-21-15(11-18(25)22-19)13-8-14(9-13)20-17(24)10-12-6-4-5-7-16(12)26-3/h4-7,11,13-14H,8-10H2,1-3H3,(H,20,24)(H,21,22,25).